The van der Waals surface area contributed by atoms with Crippen molar-refractivity contribution in [3.63, 3.8) is 0 Å². The first-order valence-electron chi connectivity index (χ1n) is 6.72. The molecule has 19 heavy (non-hydrogen) atoms. The molecule has 2 N–H and O–H groups in total. The van der Waals surface area contributed by atoms with Crippen LogP contribution in [0, 0.1) is 6.92 Å². The van der Waals surface area contributed by atoms with Gasteiger partial charge in [0.15, 0.2) is 5.11 Å². The van der Waals surface area contributed by atoms with Crippen LogP contribution in [0.4, 0.5) is 0 Å². The highest BCUT2D eigenvalue weighted by Gasteiger charge is 2.04. The summed E-state index contributed by atoms with van der Waals surface area (Å²) in [6.07, 6.45) is 3.15. The summed E-state index contributed by atoms with van der Waals surface area (Å²) in [5.74, 6) is 0. The molecular weight excluding hydrogens is 258 g/mol. The number of aryl methyl sites for hydroxylation is 2. The summed E-state index contributed by atoms with van der Waals surface area (Å²) in [4.78, 5) is 2.17. The van der Waals surface area contributed by atoms with Gasteiger partial charge in [-0.1, -0.05) is 0 Å². The van der Waals surface area contributed by atoms with Gasteiger partial charge in [-0.2, -0.15) is 5.10 Å². The largest absolute Gasteiger partial charge is 0.363 e. The van der Waals surface area contributed by atoms with E-state index in [1.807, 2.05) is 11.6 Å². The fourth-order valence-corrected chi connectivity index (χ4v) is 1.90. The number of aromatic nitrogens is 2. The van der Waals surface area contributed by atoms with Gasteiger partial charge in [0, 0.05) is 31.4 Å². The normalized spacial score (nSPS) is 10.8. The molecule has 0 spiro atoms. The SMILES string of the molecule is CCn1cc(CNC(=S)NCCCN(C)C)c(C)n1. The third kappa shape index (κ3) is 6.02. The van der Waals surface area contributed by atoms with E-state index in [1.54, 1.807) is 0 Å². The molecule has 0 aliphatic rings. The molecule has 1 rings (SSSR count). The zero-order chi connectivity index (χ0) is 14.3. The second-order valence-corrected chi connectivity index (χ2v) is 5.27. The summed E-state index contributed by atoms with van der Waals surface area (Å²) < 4.78 is 1.94. The Hall–Kier alpha value is -1.14. The Morgan fingerprint density at radius 3 is 2.74 bits per heavy atom. The highest BCUT2D eigenvalue weighted by molar-refractivity contribution is 7.80. The molecule has 0 atom stereocenters. The van der Waals surface area contributed by atoms with E-state index in [0.717, 1.165) is 38.3 Å². The van der Waals surface area contributed by atoms with Crippen molar-refractivity contribution < 1.29 is 0 Å². The van der Waals surface area contributed by atoms with E-state index >= 15 is 0 Å². The van der Waals surface area contributed by atoms with E-state index in [4.69, 9.17) is 12.2 Å². The van der Waals surface area contributed by atoms with Gasteiger partial charge in [0.05, 0.1) is 5.69 Å². The van der Waals surface area contributed by atoms with Gasteiger partial charge < -0.3 is 15.5 Å². The van der Waals surface area contributed by atoms with Gasteiger partial charge in [-0.25, -0.2) is 0 Å². The van der Waals surface area contributed by atoms with Crippen LogP contribution in [0.15, 0.2) is 6.20 Å². The topological polar surface area (TPSA) is 45.1 Å². The van der Waals surface area contributed by atoms with Gasteiger partial charge in [-0.05, 0) is 53.1 Å². The molecule has 0 fully saturated rings. The highest BCUT2D eigenvalue weighted by Crippen LogP contribution is 2.04. The van der Waals surface area contributed by atoms with Gasteiger partial charge >= 0.3 is 0 Å². The van der Waals surface area contributed by atoms with Crippen molar-refractivity contribution in [1.29, 1.82) is 0 Å². The minimum Gasteiger partial charge on any atom is -0.363 e. The van der Waals surface area contributed by atoms with Crippen LogP contribution in [0.3, 0.4) is 0 Å². The molecule has 5 nitrogen and oxygen atoms in total. The van der Waals surface area contributed by atoms with Crippen molar-refractivity contribution in [3.05, 3.63) is 17.5 Å². The Balaban J connectivity index is 2.24. The average Bonchev–Trinajstić information content (AvgIpc) is 2.72. The first-order valence-corrected chi connectivity index (χ1v) is 7.13. The predicted octanol–water partition coefficient (Wildman–Crippen LogP) is 1.13. The third-order valence-corrected chi connectivity index (χ3v) is 3.17. The van der Waals surface area contributed by atoms with Crippen molar-refractivity contribution >= 4 is 17.3 Å². The summed E-state index contributed by atoms with van der Waals surface area (Å²) in [6.45, 7) is 7.70. The third-order valence-electron chi connectivity index (χ3n) is 2.88. The van der Waals surface area contributed by atoms with Crippen LogP contribution in [-0.4, -0.2) is 47.0 Å². The monoisotopic (exact) mass is 283 g/mol. The van der Waals surface area contributed by atoms with Crippen LogP contribution >= 0.6 is 12.2 Å². The smallest absolute Gasteiger partial charge is 0.166 e. The van der Waals surface area contributed by atoms with Gasteiger partial charge in [0.2, 0.25) is 0 Å². The predicted molar refractivity (Wildman–Crippen MR) is 83.2 cm³/mol. The van der Waals surface area contributed by atoms with Crippen LogP contribution in [0.5, 0.6) is 0 Å². The zero-order valence-electron chi connectivity index (χ0n) is 12.4. The molecule has 1 aromatic heterocycles. The van der Waals surface area contributed by atoms with E-state index in [1.165, 1.54) is 5.56 Å². The van der Waals surface area contributed by atoms with Crippen molar-refractivity contribution in [2.75, 3.05) is 27.2 Å². The summed E-state index contributed by atoms with van der Waals surface area (Å²) >= 11 is 5.25. The van der Waals surface area contributed by atoms with Gasteiger partial charge in [0.25, 0.3) is 0 Å². The van der Waals surface area contributed by atoms with E-state index < -0.39 is 0 Å². The van der Waals surface area contributed by atoms with E-state index in [9.17, 15) is 0 Å². The van der Waals surface area contributed by atoms with Gasteiger partial charge in [0.1, 0.15) is 0 Å². The summed E-state index contributed by atoms with van der Waals surface area (Å²) in [7, 11) is 4.15. The summed E-state index contributed by atoms with van der Waals surface area (Å²) in [6, 6.07) is 0. The first kappa shape index (κ1) is 15.9. The summed E-state index contributed by atoms with van der Waals surface area (Å²) in [5.41, 5.74) is 2.25. The maximum absolute atomic E-state index is 5.25. The average molecular weight is 283 g/mol. The minimum absolute atomic E-state index is 0.711. The maximum atomic E-state index is 5.25. The van der Waals surface area contributed by atoms with Gasteiger partial charge in [-0.3, -0.25) is 4.68 Å². The number of thiocarbonyl (C=S) groups is 1. The standard InChI is InChI=1S/C13H25N5S/c1-5-18-10-12(11(2)16-18)9-15-13(19)14-7-6-8-17(3)4/h10H,5-9H2,1-4H3,(H2,14,15,19). The summed E-state index contributed by atoms with van der Waals surface area (Å²) in [5, 5.41) is 11.6. The molecular formula is C13H25N5S. The fraction of sp³-hybridized carbons (Fsp3) is 0.692. The maximum Gasteiger partial charge on any atom is 0.166 e. The molecule has 1 heterocycles. The number of rotatable bonds is 7. The second kappa shape index (κ2) is 8.12. The van der Waals surface area contributed by atoms with Crippen molar-refractivity contribution in [3.8, 4) is 0 Å². The quantitative estimate of drug-likeness (QED) is 0.580. The number of nitrogens with one attached hydrogen (secondary N) is 2. The van der Waals surface area contributed by atoms with Crippen LogP contribution in [0.1, 0.15) is 24.6 Å². The van der Waals surface area contributed by atoms with Crippen molar-refractivity contribution in [2.45, 2.75) is 33.4 Å². The molecule has 0 aliphatic heterocycles. The molecule has 0 aromatic carbocycles. The molecule has 0 aliphatic carbocycles. The number of nitrogens with zero attached hydrogens (tertiary/aromatic N) is 3. The lowest BCUT2D eigenvalue weighted by Crippen LogP contribution is -2.36. The van der Waals surface area contributed by atoms with E-state index in [2.05, 4.69) is 47.8 Å². The second-order valence-electron chi connectivity index (χ2n) is 4.86. The lowest BCUT2D eigenvalue weighted by atomic mass is 10.3. The molecule has 1 aromatic rings. The van der Waals surface area contributed by atoms with Crippen molar-refractivity contribution in [1.82, 2.24) is 25.3 Å². The Morgan fingerprint density at radius 2 is 2.16 bits per heavy atom. The Morgan fingerprint density at radius 1 is 1.42 bits per heavy atom. The molecule has 0 saturated carbocycles. The fourth-order valence-electron chi connectivity index (χ4n) is 1.73. The Bertz CT molecular complexity index is 400. The molecule has 108 valence electrons. The molecule has 6 heteroatoms. The van der Waals surface area contributed by atoms with Crippen LogP contribution in [-0.2, 0) is 13.1 Å². The van der Waals surface area contributed by atoms with Gasteiger partial charge in [-0.15, -0.1) is 0 Å². The lowest BCUT2D eigenvalue weighted by Gasteiger charge is -2.12. The van der Waals surface area contributed by atoms with Crippen LogP contribution < -0.4 is 10.6 Å². The molecule has 0 bridgehead atoms. The molecule has 0 radical (unpaired) electrons. The zero-order valence-corrected chi connectivity index (χ0v) is 13.2. The minimum atomic E-state index is 0.711. The Kier molecular flexibility index (Phi) is 6.80. The highest BCUT2D eigenvalue weighted by atomic mass is 32.1. The number of hydrogen-bond acceptors (Lipinski definition) is 3. The van der Waals surface area contributed by atoms with Crippen molar-refractivity contribution in [2.24, 2.45) is 0 Å². The Labute approximate surface area is 121 Å². The van der Waals surface area contributed by atoms with Crippen LogP contribution in [0.2, 0.25) is 0 Å². The van der Waals surface area contributed by atoms with Crippen LogP contribution in [0.25, 0.3) is 0 Å². The molecule has 0 amide bonds. The number of hydrogen-bond donors (Lipinski definition) is 2. The molecule has 0 unspecified atom stereocenters. The van der Waals surface area contributed by atoms with E-state index in [-0.39, 0.29) is 0 Å². The van der Waals surface area contributed by atoms with E-state index in [0.29, 0.717) is 5.11 Å². The molecule has 0 saturated heterocycles. The first-order chi connectivity index (χ1) is 9.02. The lowest BCUT2D eigenvalue weighted by molar-refractivity contribution is 0.400.